The molecule has 2 atom stereocenters. The van der Waals surface area contributed by atoms with Crippen LogP contribution in [0.3, 0.4) is 0 Å². The van der Waals surface area contributed by atoms with Crippen LogP contribution in [0.1, 0.15) is 29.3 Å². The molecule has 21 heavy (non-hydrogen) atoms. The number of thiophene rings is 1. The Bertz CT molecular complexity index is 576. The topological polar surface area (TPSA) is 76.4 Å². The molecule has 2 N–H and O–H groups in total. The maximum absolute atomic E-state index is 12.1. The van der Waals surface area contributed by atoms with Crippen LogP contribution in [0.5, 0.6) is 0 Å². The standard InChI is InChI=1S/C15H21N3O2S/c1-9-7-18(5-4-13(9)19)8-14(20)17-15-12(6-16)10(2)11(3)21-15/h9,13,19H,4-5,7-8H2,1-3H3,(H,17,20). The number of rotatable bonds is 3. The van der Waals surface area contributed by atoms with Crippen molar-refractivity contribution in [3.63, 3.8) is 0 Å². The molecule has 1 amide bonds. The molecule has 6 heteroatoms. The Morgan fingerprint density at radius 3 is 2.90 bits per heavy atom. The lowest BCUT2D eigenvalue weighted by Crippen LogP contribution is -2.45. The van der Waals surface area contributed by atoms with Gasteiger partial charge in [-0.1, -0.05) is 6.92 Å². The van der Waals surface area contributed by atoms with Crippen molar-refractivity contribution in [3.05, 3.63) is 16.0 Å². The molecule has 0 bridgehead atoms. The van der Waals surface area contributed by atoms with Crippen molar-refractivity contribution in [1.82, 2.24) is 4.90 Å². The van der Waals surface area contributed by atoms with Crippen LogP contribution in [0.15, 0.2) is 0 Å². The van der Waals surface area contributed by atoms with Crippen LogP contribution >= 0.6 is 11.3 Å². The van der Waals surface area contributed by atoms with Gasteiger partial charge in [0, 0.05) is 18.0 Å². The van der Waals surface area contributed by atoms with Gasteiger partial charge in [-0.05, 0) is 31.7 Å². The van der Waals surface area contributed by atoms with Crippen LogP contribution < -0.4 is 5.32 Å². The number of carbonyl (C=O) groups is 1. The fourth-order valence-corrected chi connectivity index (χ4v) is 3.61. The number of carbonyl (C=O) groups excluding carboxylic acids is 1. The number of nitrogens with one attached hydrogen (secondary N) is 1. The molecule has 0 aromatic carbocycles. The van der Waals surface area contributed by atoms with Crippen molar-refractivity contribution in [2.45, 2.75) is 33.3 Å². The molecule has 2 heterocycles. The summed E-state index contributed by atoms with van der Waals surface area (Å²) in [5.74, 6) is 0.0868. The van der Waals surface area contributed by atoms with Crippen LogP contribution in [0, 0.1) is 31.1 Å². The zero-order valence-electron chi connectivity index (χ0n) is 12.6. The van der Waals surface area contributed by atoms with Gasteiger partial charge >= 0.3 is 0 Å². The van der Waals surface area contributed by atoms with Gasteiger partial charge in [0.15, 0.2) is 0 Å². The van der Waals surface area contributed by atoms with E-state index in [1.54, 1.807) is 0 Å². The first kappa shape index (κ1) is 16.0. The molecule has 1 aromatic heterocycles. The highest BCUT2D eigenvalue weighted by atomic mass is 32.1. The minimum absolute atomic E-state index is 0.101. The second-order valence-corrected chi connectivity index (χ2v) is 6.94. The molecular formula is C15H21N3O2S. The zero-order chi connectivity index (χ0) is 15.6. The lowest BCUT2D eigenvalue weighted by Gasteiger charge is -2.33. The summed E-state index contributed by atoms with van der Waals surface area (Å²) in [6.07, 6.45) is 0.437. The van der Waals surface area contributed by atoms with E-state index in [0.717, 1.165) is 23.5 Å². The largest absolute Gasteiger partial charge is 0.393 e. The number of hydrogen-bond acceptors (Lipinski definition) is 5. The van der Waals surface area contributed by atoms with E-state index in [0.29, 0.717) is 23.5 Å². The highest BCUT2D eigenvalue weighted by Gasteiger charge is 2.25. The quantitative estimate of drug-likeness (QED) is 0.894. The number of likely N-dealkylation sites (tertiary alicyclic amines) is 1. The van der Waals surface area contributed by atoms with Crippen LogP contribution in [0.25, 0.3) is 0 Å². The Kier molecular flexibility index (Phi) is 4.99. The number of amides is 1. The van der Waals surface area contributed by atoms with Crippen LogP contribution in [0.2, 0.25) is 0 Å². The number of anilines is 1. The Morgan fingerprint density at radius 1 is 1.57 bits per heavy atom. The number of nitriles is 1. The van der Waals surface area contributed by atoms with Gasteiger partial charge in [0.25, 0.3) is 0 Å². The number of piperidine rings is 1. The fourth-order valence-electron chi connectivity index (χ4n) is 2.58. The maximum atomic E-state index is 12.1. The summed E-state index contributed by atoms with van der Waals surface area (Å²) in [6, 6.07) is 2.16. The van der Waals surface area contributed by atoms with Crippen molar-refractivity contribution >= 4 is 22.2 Å². The van der Waals surface area contributed by atoms with Crippen molar-refractivity contribution in [3.8, 4) is 6.07 Å². The van der Waals surface area contributed by atoms with Crippen LogP contribution in [-0.2, 0) is 4.79 Å². The number of nitrogens with zero attached hydrogens (tertiary/aromatic N) is 2. The van der Waals surface area contributed by atoms with E-state index >= 15 is 0 Å². The summed E-state index contributed by atoms with van der Waals surface area (Å²) in [5, 5.41) is 22.4. The van der Waals surface area contributed by atoms with Crippen molar-refractivity contribution in [2.24, 2.45) is 5.92 Å². The minimum Gasteiger partial charge on any atom is -0.393 e. The SMILES string of the molecule is Cc1sc(NC(=O)CN2CCC(O)C(C)C2)c(C#N)c1C. The van der Waals surface area contributed by atoms with Crippen LogP contribution in [-0.4, -0.2) is 41.7 Å². The molecule has 1 aliphatic heterocycles. The van der Waals surface area contributed by atoms with E-state index in [-0.39, 0.29) is 17.9 Å². The summed E-state index contributed by atoms with van der Waals surface area (Å²) in [7, 11) is 0. The molecular weight excluding hydrogens is 286 g/mol. The van der Waals surface area contributed by atoms with Gasteiger partial charge in [-0.25, -0.2) is 0 Å². The molecule has 5 nitrogen and oxygen atoms in total. The van der Waals surface area contributed by atoms with Gasteiger partial charge < -0.3 is 10.4 Å². The van der Waals surface area contributed by atoms with Gasteiger partial charge in [0.1, 0.15) is 11.1 Å². The molecule has 114 valence electrons. The van der Waals surface area contributed by atoms with Gasteiger partial charge in [0.05, 0.1) is 18.2 Å². The highest BCUT2D eigenvalue weighted by Crippen LogP contribution is 2.31. The molecule has 1 aliphatic rings. The number of aliphatic hydroxyl groups excluding tert-OH is 1. The predicted octanol–water partition coefficient (Wildman–Crippen LogP) is 1.88. The lowest BCUT2D eigenvalue weighted by molar-refractivity contribution is -0.118. The average molecular weight is 307 g/mol. The Balaban J connectivity index is 1.97. The Hall–Kier alpha value is -1.42. The third-order valence-electron chi connectivity index (χ3n) is 4.06. The van der Waals surface area contributed by atoms with Crippen molar-refractivity contribution in [2.75, 3.05) is 25.0 Å². The number of hydrogen-bond donors (Lipinski definition) is 2. The highest BCUT2D eigenvalue weighted by molar-refractivity contribution is 7.16. The molecule has 0 spiro atoms. The predicted molar refractivity (Wildman–Crippen MR) is 83.4 cm³/mol. The lowest BCUT2D eigenvalue weighted by atomic mass is 9.97. The summed E-state index contributed by atoms with van der Waals surface area (Å²) in [4.78, 5) is 15.2. The molecule has 2 unspecified atom stereocenters. The molecule has 1 aromatic rings. The second kappa shape index (κ2) is 6.56. The van der Waals surface area contributed by atoms with Crippen LogP contribution in [0.4, 0.5) is 5.00 Å². The van der Waals surface area contributed by atoms with Gasteiger partial charge in [-0.15, -0.1) is 11.3 Å². The molecule has 2 rings (SSSR count). The van der Waals surface area contributed by atoms with Gasteiger partial charge in [-0.2, -0.15) is 5.26 Å². The summed E-state index contributed by atoms with van der Waals surface area (Å²) in [6.45, 7) is 7.60. The minimum atomic E-state index is -0.267. The first-order chi connectivity index (χ1) is 9.92. The third-order valence-corrected chi connectivity index (χ3v) is 5.18. The number of aryl methyl sites for hydroxylation is 1. The van der Waals surface area contributed by atoms with E-state index in [1.165, 1.54) is 11.3 Å². The third kappa shape index (κ3) is 3.62. The van der Waals surface area contributed by atoms with E-state index in [4.69, 9.17) is 0 Å². The van der Waals surface area contributed by atoms with Crippen molar-refractivity contribution < 1.29 is 9.90 Å². The monoisotopic (exact) mass is 307 g/mol. The Morgan fingerprint density at radius 2 is 2.29 bits per heavy atom. The molecule has 1 fully saturated rings. The fraction of sp³-hybridized carbons (Fsp3) is 0.600. The first-order valence-corrected chi connectivity index (χ1v) is 7.94. The molecule has 0 saturated carbocycles. The average Bonchev–Trinajstić information content (AvgIpc) is 2.68. The first-order valence-electron chi connectivity index (χ1n) is 7.12. The smallest absolute Gasteiger partial charge is 0.239 e. The Labute approximate surface area is 129 Å². The zero-order valence-corrected chi connectivity index (χ0v) is 13.5. The van der Waals surface area contributed by atoms with E-state index in [1.807, 2.05) is 25.7 Å². The number of aliphatic hydroxyl groups is 1. The summed E-state index contributed by atoms with van der Waals surface area (Å²) < 4.78 is 0. The molecule has 0 aliphatic carbocycles. The second-order valence-electron chi connectivity index (χ2n) is 5.72. The maximum Gasteiger partial charge on any atom is 0.239 e. The molecule has 0 radical (unpaired) electrons. The normalized spacial score (nSPS) is 22.8. The van der Waals surface area contributed by atoms with Crippen molar-refractivity contribution in [1.29, 1.82) is 5.26 Å². The van der Waals surface area contributed by atoms with E-state index in [9.17, 15) is 15.2 Å². The van der Waals surface area contributed by atoms with E-state index in [2.05, 4.69) is 11.4 Å². The van der Waals surface area contributed by atoms with Gasteiger partial charge in [0.2, 0.25) is 5.91 Å². The van der Waals surface area contributed by atoms with Gasteiger partial charge in [-0.3, -0.25) is 9.69 Å². The summed E-state index contributed by atoms with van der Waals surface area (Å²) >= 11 is 1.44. The van der Waals surface area contributed by atoms with E-state index < -0.39 is 0 Å². The molecule has 1 saturated heterocycles. The summed E-state index contributed by atoms with van der Waals surface area (Å²) in [5.41, 5.74) is 1.50.